The summed E-state index contributed by atoms with van der Waals surface area (Å²) in [6.07, 6.45) is 3.63. The van der Waals surface area contributed by atoms with E-state index in [0.29, 0.717) is 25.5 Å². The lowest BCUT2D eigenvalue weighted by Crippen LogP contribution is -2.24. The molecule has 8 heteroatoms. The Balaban J connectivity index is 1.80. The number of nitrogens with one attached hydrogen (secondary N) is 2. The third-order valence-electron chi connectivity index (χ3n) is 2.24. The number of anilines is 1. The molecule has 0 spiro atoms. The molecule has 2 rings (SSSR count). The van der Waals surface area contributed by atoms with Crippen LogP contribution in [0.25, 0.3) is 5.65 Å². The molecule has 0 saturated heterocycles. The summed E-state index contributed by atoms with van der Waals surface area (Å²) in [6, 6.07) is 5.63. The highest BCUT2D eigenvalue weighted by molar-refractivity contribution is 7.88. The van der Waals surface area contributed by atoms with E-state index in [1.807, 2.05) is 24.4 Å². The molecule has 0 bridgehead atoms. The van der Waals surface area contributed by atoms with Crippen molar-refractivity contribution < 1.29 is 8.42 Å². The van der Waals surface area contributed by atoms with Crippen LogP contribution in [0.15, 0.2) is 24.4 Å². The molecule has 0 atom stereocenters. The molecule has 0 aliphatic rings. The predicted octanol–water partition coefficient (Wildman–Crippen LogP) is 0.0805. The van der Waals surface area contributed by atoms with Gasteiger partial charge in [-0.2, -0.15) is 4.98 Å². The van der Waals surface area contributed by atoms with Crippen molar-refractivity contribution in [1.29, 1.82) is 0 Å². The molecule has 0 saturated carbocycles. The van der Waals surface area contributed by atoms with Gasteiger partial charge in [-0.15, -0.1) is 5.10 Å². The highest BCUT2D eigenvalue weighted by Crippen LogP contribution is 2.03. The molecule has 18 heavy (non-hydrogen) atoms. The van der Waals surface area contributed by atoms with Crippen LogP contribution in [-0.4, -0.2) is 42.4 Å². The Bertz CT molecular complexity index is 589. The fourth-order valence-corrected chi connectivity index (χ4v) is 1.97. The molecule has 7 nitrogen and oxygen atoms in total. The van der Waals surface area contributed by atoms with Crippen molar-refractivity contribution in [3.8, 4) is 0 Å². The zero-order valence-electron chi connectivity index (χ0n) is 10.00. The second kappa shape index (κ2) is 5.32. The second-order valence-electron chi connectivity index (χ2n) is 3.89. The Hall–Kier alpha value is -1.67. The Morgan fingerprint density at radius 3 is 2.89 bits per heavy atom. The molecular weight excluding hydrogens is 254 g/mol. The van der Waals surface area contributed by atoms with Gasteiger partial charge >= 0.3 is 0 Å². The van der Waals surface area contributed by atoms with Crippen LogP contribution in [0.4, 0.5) is 5.95 Å². The summed E-state index contributed by atoms with van der Waals surface area (Å²) in [5.74, 6) is 0.542. The van der Waals surface area contributed by atoms with Crippen molar-refractivity contribution >= 4 is 21.6 Å². The largest absolute Gasteiger partial charge is 0.353 e. The number of sulfonamides is 1. The zero-order chi connectivity index (χ0) is 13.0. The highest BCUT2D eigenvalue weighted by Gasteiger charge is 2.02. The van der Waals surface area contributed by atoms with Crippen molar-refractivity contribution in [2.45, 2.75) is 6.42 Å². The van der Waals surface area contributed by atoms with Crippen LogP contribution in [0.5, 0.6) is 0 Å². The molecule has 0 aliphatic carbocycles. The van der Waals surface area contributed by atoms with Gasteiger partial charge in [0.2, 0.25) is 16.0 Å². The van der Waals surface area contributed by atoms with E-state index in [1.165, 1.54) is 0 Å². The Morgan fingerprint density at radius 1 is 1.33 bits per heavy atom. The molecule has 0 aliphatic heterocycles. The van der Waals surface area contributed by atoms with Crippen molar-refractivity contribution in [1.82, 2.24) is 19.3 Å². The minimum Gasteiger partial charge on any atom is -0.353 e. The van der Waals surface area contributed by atoms with E-state index in [0.717, 1.165) is 11.9 Å². The van der Waals surface area contributed by atoms with Crippen LogP contribution in [0.2, 0.25) is 0 Å². The number of fused-ring (bicyclic) bond motifs is 1. The van der Waals surface area contributed by atoms with E-state index in [1.54, 1.807) is 4.52 Å². The molecule has 0 radical (unpaired) electrons. The molecule has 0 amide bonds. The topological polar surface area (TPSA) is 88.4 Å². The Kier molecular flexibility index (Phi) is 3.78. The van der Waals surface area contributed by atoms with Crippen LogP contribution in [0.3, 0.4) is 0 Å². The summed E-state index contributed by atoms with van der Waals surface area (Å²) < 4.78 is 25.7. The summed E-state index contributed by atoms with van der Waals surface area (Å²) in [5.41, 5.74) is 0.772. The van der Waals surface area contributed by atoms with Gasteiger partial charge in [-0.05, 0) is 18.6 Å². The number of hydrogen-bond donors (Lipinski definition) is 2. The zero-order valence-corrected chi connectivity index (χ0v) is 10.8. The summed E-state index contributed by atoms with van der Waals surface area (Å²) >= 11 is 0. The first-order valence-corrected chi connectivity index (χ1v) is 7.44. The maximum atomic E-state index is 10.8. The van der Waals surface area contributed by atoms with E-state index in [4.69, 9.17) is 0 Å². The summed E-state index contributed by atoms with van der Waals surface area (Å²) in [7, 11) is -3.10. The fourth-order valence-electron chi connectivity index (χ4n) is 1.45. The van der Waals surface area contributed by atoms with Gasteiger partial charge in [0.05, 0.1) is 6.26 Å². The van der Waals surface area contributed by atoms with E-state index < -0.39 is 10.0 Å². The van der Waals surface area contributed by atoms with Crippen LogP contribution in [0, 0.1) is 0 Å². The van der Waals surface area contributed by atoms with Crippen molar-refractivity contribution in [2.75, 3.05) is 24.7 Å². The normalized spacial score (nSPS) is 11.8. The van der Waals surface area contributed by atoms with Gasteiger partial charge in [-0.25, -0.2) is 17.7 Å². The standard InChI is InChI=1S/C10H15N5O2S/c1-18(16,17)12-7-4-6-11-10-13-9-5-2-3-8-15(9)14-10/h2-3,5,8,12H,4,6-7H2,1H3,(H,11,14). The molecular formula is C10H15N5O2S. The lowest BCUT2D eigenvalue weighted by molar-refractivity contribution is 0.586. The molecule has 0 aromatic carbocycles. The second-order valence-corrected chi connectivity index (χ2v) is 5.72. The minimum atomic E-state index is -3.10. The predicted molar refractivity (Wildman–Crippen MR) is 68.9 cm³/mol. The van der Waals surface area contributed by atoms with E-state index in [2.05, 4.69) is 20.1 Å². The first kappa shape index (κ1) is 12.8. The van der Waals surface area contributed by atoms with Gasteiger partial charge in [-0.3, -0.25) is 0 Å². The van der Waals surface area contributed by atoms with Gasteiger partial charge in [0.15, 0.2) is 5.65 Å². The molecule has 98 valence electrons. The van der Waals surface area contributed by atoms with E-state index >= 15 is 0 Å². The summed E-state index contributed by atoms with van der Waals surface area (Å²) in [4.78, 5) is 4.26. The van der Waals surface area contributed by atoms with Gasteiger partial charge in [0.1, 0.15) is 0 Å². The SMILES string of the molecule is CS(=O)(=O)NCCCNc1nc2ccccn2n1. The quantitative estimate of drug-likeness (QED) is 0.725. The van der Waals surface area contributed by atoms with Gasteiger partial charge in [0, 0.05) is 19.3 Å². The fraction of sp³-hybridized carbons (Fsp3) is 0.400. The van der Waals surface area contributed by atoms with E-state index in [9.17, 15) is 8.42 Å². The maximum Gasteiger partial charge on any atom is 0.243 e. The average molecular weight is 269 g/mol. The van der Waals surface area contributed by atoms with Crippen molar-refractivity contribution in [2.24, 2.45) is 0 Å². The average Bonchev–Trinajstić information content (AvgIpc) is 2.69. The molecule has 2 heterocycles. The number of pyridine rings is 1. The molecule has 2 aromatic heterocycles. The Morgan fingerprint density at radius 2 is 2.17 bits per heavy atom. The van der Waals surface area contributed by atoms with Crippen LogP contribution >= 0.6 is 0 Å². The number of hydrogen-bond acceptors (Lipinski definition) is 5. The number of nitrogens with zero attached hydrogens (tertiary/aromatic N) is 3. The van der Waals surface area contributed by atoms with Gasteiger partial charge in [0.25, 0.3) is 0 Å². The van der Waals surface area contributed by atoms with Crippen molar-refractivity contribution in [3.05, 3.63) is 24.4 Å². The molecule has 0 unspecified atom stereocenters. The first-order chi connectivity index (χ1) is 8.54. The lowest BCUT2D eigenvalue weighted by atomic mass is 10.4. The first-order valence-electron chi connectivity index (χ1n) is 5.54. The number of rotatable bonds is 6. The van der Waals surface area contributed by atoms with Gasteiger partial charge in [-0.1, -0.05) is 6.07 Å². The van der Waals surface area contributed by atoms with E-state index in [-0.39, 0.29) is 0 Å². The van der Waals surface area contributed by atoms with Crippen LogP contribution in [-0.2, 0) is 10.0 Å². The molecule has 0 fully saturated rings. The Labute approximate surface area is 105 Å². The molecule has 2 N–H and O–H groups in total. The summed E-state index contributed by atoms with van der Waals surface area (Å²) in [5, 5.41) is 7.26. The molecule has 2 aromatic rings. The van der Waals surface area contributed by atoms with Crippen LogP contribution < -0.4 is 10.0 Å². The lowest BCUT2D eigenvalue weighted by Gasteiger charge is -2.02. The van der Waals surface area contributed by atoms with Gasteiger partial charge < -0.3 is 5.32 Å². The van der Waals surface area contributed by atoms with Crippen molar-refractivity contribution in [3.63, 3.8) is 0 Å². The number of aromatic nitrogens is 3. The smallest absolute Gasteiger partial charge is 0.243 e. The minimum absolute atomic E-state index is 0.402. The summed E-state index contributed by atoms with van der Waals surface area (Å²) in [6.45, 7) is 1.01. The maximum absolute atomic E-state index is 10.8. The third kappa shape index (κ3) is 3.67. The monoisotopic (exact) mass is 269 g/mol. The van der Waals surface area contributed by atoms with Crippen LogP contribution in [0.1, 0.15) is 6.42 Å². The highest BCUT2D eigenvalue weighted by atomic mass is 32.2. The third-order valence-corrected chi connectivity index (χ3v) is 2.97.